The number of amides is 1. The third kappa shape index (κ3) is 2.96. The number of aryl methyl sites for hydroxylation is 1. The van der Waals surface area contributed by atoms with E-state index in [0.717, 1.165) is 16.5 Å². The zero-order chi connectivity index (χ0) is 16.4. The Morgan fingerprint density at radius 3 is 2.43 bits per heavy atom. The number of nitrogens with one attached hydrogen (secondary N) is 2. The number of rotatable bonds is 4. The minimum absolute atomic E-state index is 0.294. The van der Waals surface area contributed by atoms with Crippen molar-refractivity contribution in [3.8, 4) is 11.5 Å². The first kappa shape index (κ1) is 14.9. The fourth-order valence-electron chi connectivity index (χ4n) is 2.37. The van der Waals surface area contributed by atoms with Gasteiger partial charge >= 0.3 is 0 Å². The molecule has 6 heteroatoms. The van der Waals surface area contributed by atoms with Crippen LogP contribution in [0, 0.1) is 6.92 Å². The third-order valence-electron chi connectivity index (χ3n) is 3.54. The minimum Gasteiger partial charge on any atom is -0.497 e. The van der Waals surface area contributed by atoms with Gasteiger partial charge in [0.15, 0.2) is 5.69 Å². The van der Waals surface area contributed by atoms with Gasteiger partial charge in [0.2, 0.25) is 0 Å². The van der Waals surface area contributed by atoms with Gasteiger partial charge in [0.05, 0.1) is 19.7 Å². The molecule has 6 nitrogen and oxygen atoms in total. The standard InChI is InChI=1S/C17H17N3O3/c1-10-4-5-15-14(6-10)16(20-19-15)17(21)18-11-7-12(22-2)9-13(8-11)23-3/h4-9H,1-3H3,(H,18,21)(H,19,20). The van der Waals surface area contributed by atoms with Crippen molar-refractivity contribution in [1.29, 1.82) is 0 Å². The minimum atomic E-state index is -0.294. The Hall–Kier alpha value is -3.02. The molecule has 0 aliphatic carbocycles. The predicted octanol–water partition coefficient (Wildman–Crippen LogP) is 3.14. The second kappa shape index (κ2) is 6.00. The fraction of sp³-hybridized carbons (Fsp3) is 0.176. The molecule has 0 saturated heterocycles. The summed E-state index contributed by atoms with van der Waals surface area (Å²) in [5, 5.41) is 10.6. The Labute approximate surface area is 133 Å². The summed E-state index contributed by atoms with van der Waals surface area (Å²) in [6.45, 7) is 1.97. The van der Waals surface area contributed by atoms with Crippen LogP contribution in [0.4, 0.5) is 5.69 Å². The van der Waals surface area contributed by atoms with Gasteiger partial charge in [-0.1, -0.05) is 11.6 Å². The number of aromatic amines is 1. The molecule has 0 aliphatic rings. The molecule has 0 bridgehead atoms. The van der Waals surface area contributed by atoms with Crippen LogP contribution in [0.15, 0.2) is 36.4 Å². The maximum atomic E-state index is 12.5. The summed E-state index contributed by atoms with van der Waals surface area (Å²) in [6.07, 6.45) is 0. The molecular weight excluding hydrogens is 294 g/mol. The van der Waals surface area contributed by atoms with Crippen molar-refractivity contribution >= 4 is 22.5 Å². The highest BCUT2D eigenvalue weighted by Crippen LogP contribution is 2.26. The summed E-state index contributed by atoms with van der Waals surface area (Å²) in [4.78, 5) is 12.5. The van der Waals surface area contributed by atoms with Gasteiger partial charge < -0.3 is 14.8 Å². The van der Waals surface area contributed by atoms with Crippen molar-refractivity contribution in [2.75, 3.05) is 19.5 Å². The van der Waals surface area contributed by atoms with Crippen LogP contribution in [0.25, 0.3) is 10.9 Å². The van der Waals surface area contributed by atoms with E-state index in [0.29, 0.717) is 22.9 Å². The normalized spacial score (nSPS) is 10.6. The Morgan fingerprint density at radius 1 is 1.09 bits per heavy atom. The Kier molecular flexibility index (Phi) is 3.89. The first-order chi connectivity index (χ1) is 11.1. The number of fused-ring (bicyclic) bond motifs is 1. The number of aromatic nitrogens is 2. The van der Waals surface area contributed by atoms with Gasteiger partial charge in [-0.3, -0.25) is 9.89 Å². The van der Waals surface area contributed by atoms with E-state index in [1.54, 1.807) is 32.4 Å². The Morgan fingerprint density at radius 2 is 1.78 bits per heavy atom. The maximum absolute atomic E-state index is 12.5. The molecule has 0 fully saturated rings. The van der Waals surface area contributed by atoms with Gasteiger partial charge in [0.1, 0.15) is 11.5 Å². The number of hydrogen-bond donors (Lipinski definition) is 2. The molecule has 0 unspecified atom stereocenters. The molecule has 23 heavy (non-hydrogen) atoms. The summed E-state index contributed by atoms with van der Waals surface area (Å²) >= 11 is 0. The number of carbonyl (C=O) groups excluding carboxylic acids is 1. The second-order valence-corrected chi connectivity index (χ2v) is 5.18. The topological polar surface area (TPSA) is 76.2 Å². The first-order valence-electron chi connectivity index (χ1n) is 7.10. The van der Waals surface area contributed by atoms with E-state index in [9.17, 15) is 4.79 Å². The zero-order valence-corrected chi connectivity index (χ0v) is 13.1. The van der Waals surface area contributed by atoms with Crippen LogP contribution < -0.4 is 14.8 Å². The summed E-state index contributed by atoms with van der Waals surface area (Å²) in [5.41, 5.74) is 2.82. The Balaban J connectivity index is 1.93. The van der Waals surface area contributed by atoms with Crippen molar-refractivity contribution in [3.05, 3.63) is 47.7 Å². The lowest BCUT2D eigenvalue weighted by atomic mass is 10.1. The summed E-state index contributed by atoms with van der Waals surface area (Å²) in [6, 6.07) is 11.0. The van der Waals surface area contributed by atoms with Crippen molar-refractivity contribution in [2.45, 2.75) is 6.92 Å². The highest BCUT2D eigenvalue weighted by Gasteiger charge is 2.15. The average Bonchev–Trinajstić information content (AvgIpc) is 2.97. The lowest BCUT2D eigenvalue weighted by Crippen LogP contribution is -2.13. The van der Waals surface area contributed by atoms with Crippen molar-refractivity contribution in [1.82, 2.24) is 10.2 Å². The molecule has 1 heterocycles. The van der Waals surface area contributed by atoms with Crippen LogP contribution in [0.1, 0.15) is 16.1 Å². The van der Waals surface area contributed by atoms with Gasteiger partial charge in [-0.25, -0.2) is 0 Å². The van der Waals surface area contributed by atoms with Crippen LogP contribution in [-0.4, -0.2) is 30.3 Å². The molecular formula is C17H17N3O3. The molecule has 1 aromatic heterocycles. The average molecular weight is 311 g/mol. The van der Waals surface area contributed by atoms with Gasteiger partial charge in [-0.15, -0.1) is 0 Å². The predicted molar refractivity (Wildman–Crippen MR) is 88.3 cm³/mol. The van der Waals surface area contributed by atoms with Gasteiger partial charge in [-0.2, -0.15) is 5.10 Å². The molecule has 3 aromatic rings. The van der Waals surface area contributed by atoms with Crippen molar-refractivity contribution < 1.29 is 14.3 Å². The van der Waals surface area contributed by atoms with Crippen LogP contribution in [0.5, 0.6) is 11.5 Å². The molecule has 118 valence electrons. The number of anilines is 1. The highest BCUT2D eigenvalue weighted by molar-refractivity contribution is 6.11. The largest absolute Gasteiger partial charge is 0.497 e. The number of carbonyl (C=O) groups is 1. The number of nitrogens with zero attached hydrogens (tertiary/aromatic N) is 1. The SMILES string of the molecule is COc1cc(NC(=O)c2n[nH]c3ccc(C)cc23)cc(OC)c1. The van der Waals surface area contributed by atoms with Crippen molar-refractivity contribution in [3.63, 3.8) is 0 Å². The van der Waals surface area contributed by atoms with Crippen LogP contribution >= 0.6 is 0 Å². The molecule has 2 aromatic carbocycles. The number of methoxy groups -OCH3 is 2. The first-order valence-corrected chi connectivity index (χ1v) is 7.10. The van der Waals surface area contributed by atoms with E-state index in [1.807, 2.05) is 25.1 Å². The third-order valence-corrected chi connectivity index (χ3v) is 3.54. The molecule has 0 saturated carbocycles. The second-order valence-electron chi connectivity index (χ2n) is 5.18. The van der Waals surface area contributed by atoms with E-state index in [1.165, 1.54) is 0 Å². The quantitative estimate of drug-likeness (QED) is 0.776. The monoisotopic (exact) mass is 311 g/mol. The summed E-state index contributed by atoms with van der Waals surface area (Å²) < 4.78 is 10.4. The van der Waals surface area contributed by atoms with E-state index in [-0.39, 0.29) is 5.91 Å². The van der Waals surface area contributed by atoms with E-state index in [4.69, 9.17) is 9.47 Å². The molecule has 0 spiro atoms. The molecule has 3 rings (SSSR count). The molecule has 0 atom stereocenters. The van der Waals surface area contributed by atoms with E-state index >= 15 is 0 Å². The maximum Gasteiger partial charge on any atom is 0.276 e. The van der Waals surface area contributed by atoms with Gasteiger partial charge in [0.25, 0.3) is 5.91 Å². The van der Waals surface area contributed by atoms with Gasteiger partial charge in [0, 0.05) is 29.3 Å². The van der Waals surface area contributed by atoms with Gasteiger partial charge in [-0.05, 0) is 19.1 Å². The van der Waals surface area contributed by atoms with Crippen LogP contribution in [-0.2, 0) is 0 Å². The van der Waals surface area contributed by atoms with E-state index in [2.05, 4.69) is 15.5 Å². The smallest absolute Gasteiger partial charge is 0.276 e. The van der Waals surface area contributed by atoms with Crippen molar-refractivity contribution in [2.24, 2.45) is 0 Å². The summed E-state index contributed by atoms with van der Waals surface area (Å²) in [7, 11) is 3.12. The number of H-pyrrole nitrogens is 1. The van der Waals surface area contributed by atoms with Crippen LogP contribution in [0.3, 0.4) is 0 Å². The Bertz CT molecular complexity index is 848. The zero-order valence-electron chi connectivity index (χ0n) is 13.1. The summed E-state index contributed by atoms with van der Waals surface area (Å²) in [5.74, 6) is 0.905. The molecule has 2 N–H and O–H groups in total. The molecule has 1 amide bonds. The lowest BCUT2D eigenvalue weighted by Gasteiger charge is -2.09. The molecule has 0 aliphatic heterocycles. The fourth-order valence-corrected chi connectivity index (χ4v) is 2.37. The lowest BCUT2D eigenvalue weighted by molar-refractivity contribution is 0.102. The van der Waals surface area contributed by atoms with E-state index < -0.39 is 0 Å². The number of ether oxygens (including phenoxy) is 2. The van der Waals surface area contributed by atoms with Crippen LogP contribution in [0.2, 0.25) is 0 Å². The number of benzene rings is 2. The highest BCUT2D eigenvalue weighted by atomic mass is 16.5. The molecule has 0 radical (unpaired) electrons. The number of hydrogen-bond acceptors (Lipinski definition) is 4.